The van der Waals surface area contributed by atoms with E-state index in [4.69, 9.17) is 21.6 Å². The second-order valence-electron chi connectivity index (χ2n) is 6.72. The van der Waals surface area contributed by atoms with Crippen molar-refractivity contribution in [3.8, 4) is 22.8 Å². The van der Waals surface area contributed by atoms with Gasteiger partial charge >= 0.3 is 5.76 Å². The Kier molecular flexibility index (Phi) is 3.90. The molecule has 10 heteroatoms. The van der Waals surface area contributed by atoms with Crippen LogP contribution in [0.25, 0.3) is 33.8 Å². The standard InChI is InChI=1S/C18H16ClN7O2/c1-25-15-12(22-17(25)26-4-2-3-5-26)7-13(16-23-18(27)28-24-16)21-14(15)10-6-11(19)9-20-8-10/h6-9H,2-5H2,1H3,(H,23,24,27). The average Bonchev–Trinajstić information content (AvgIpc) is 3.42. The smallest absolute Gasteiger partial charge is 0.342 e. The first-order chi connectivity index (χ1) is 13.6. The van der Waals surface area contributed by atoms with E-state index in [2.05, 4.69) is 24.5 Å². The van der Waals surface area contributed by atoms with Crippen molar-refractivity contribution in [2.45, 2.75) is 12.8 Å². The molecule has 1 aliphatic rings. The molecule has 4 aromatic rings. The van der Waals surface area contributed by atoms with Gasteiger partial charge in [-0.2, -0.15) is 0 Å². The summed E-state index contributed by atoms with van der Waals surface area (Å²) in [5.74, 6) is 0.495. The van der Waals surface area contributed by atoms with Crippen LogP contribution in [0.1, 0.15) is 12.8 Å². The lowest BCUT2D eigenvalue weighted by Crippen LogP contribution is -2.21. The van der Waals surface area contributed by atoms with Gasteiger partial charge in [0.2, 0.25) is 11.8 Å². The Morgan fingerprint density at radius 1 is 1.18 bits per heavy atom. The Morgan fingerprint density at radius 2 is 2.00 bits per heavy atom. The number of aromatic amines is 1. The van der Waals surface area contributed by atoms with E-state index in [1.54, 1.807) is 24.5 Å². The van der Waals surface area contributed by atoms with E-state index < -0.39 is 5.76 Å². The van der Waals surface area contributed by atoms with E-state index in [1.807, 2.05) is 11.6 Å². The van der Waals surface area contributed by atoms with Crippen molar-refractivity contribution in [1.29, 1.82) is 0 Å². The third-order valence-electron chi connectivity index (χ3n) is 4.88. The Morgan fingerprint density at radius 3 is 2.71 bits per heavy atom. The molecule has 1 saturated heterocycles. The molecule has 0 aromatic carbocycles. The highest BCUT2D eigenvalue weighted by atomic mass is 35.5. The molecule has 4 aromatic heterocycles. The number of aromatic nitrogens is 6. The van der Waals surface area contributed by atoms with Crippen molar-refractivity contribution in [2.75, 3.05) is 18.0 Å². The van der Waals surface area contributed by atoms with E-state index in [1.165, 1.54) is 0 Å². The molecule has 9 nitrogen and oxygen atoms in total. The van der Waals surface area contributed by atoms with Crippen molar-refractivity contribution < 1.29 is 4.52 Å². The number of fused-ring (bicyclic) bond motifs is 1. The summed E-state index contributed by atoms with van der Waals surface area (Å²) >= 11 is 6.16. The predicted octanol–water partition coefficient (Wildman–Crippen LogP) is 2.63. The number of hydrogen-bond acceptors (Lipinski definition) is 7. The maximum absolute atomic E-state index is 11.4. The molecule has 0 saturated carbocycles. The van der Waals surface area contributed by atoms with E-state index in [0.29, 0.717) is 16.4 Å². The zero-order valence-electron chi connectivity index (χ0n) is 15.0. The van der Waals surface area contributed by atoms with E-state index in [0.717, 1.165) is 48.5 Å². The van der Waals surface area contributed by atoms with Gasteiger partial charge in [0.15, 0.2) is 0 Å². The quantitative estimate of drug-likeness (QED) is 0.566. The number of imidazole rings is 1. The van der Waals surface area contributed by atoms with E-state index in [9.17, 15) is 4.79 Å². The molecule has 0 spiro atoms. The molecular weight excluding hydrogens is 382 g/mol. The van der Waals surface area contributed by atoms with Gasteiger partial charge in [-0.25, -0.2) is 14.8 Å². The minimum absolute atomic E-state index is 0.247. The molecule has 1 N–H and O–H groups in total. The van der Waals surface area contributed by atoms with Gasteiger partial charge < -0.3 is 9.47 Å². The number of nitrogens with one attached hydrogen (secondary N) is 1. The third kappa shape index (κ3) is 2.75. The van der Waals surface area contributed by atoms with E-state index >= 15 is 0 Å². The number of H-pyrrole nitrogens is 1. The molecule has 0 atom stereocenters. The number of pyridine rings is 2. The summed E-state index contributed by atoms with van der Waals surface area (Å²) in [6.45, 7) is 1.95. The van der Waals surface area contributed by atoms with Crippen LogP contribution in [0.5, 0.6) is 0 Å². The first kappa shape index (κ1) is 16.9. The third-order valence-corrected chi connectivity index (χ3v) is 5.09. The molecule has 0 amide bonds. The molecule has 28 heavy (non-hydrogen) atoms. The number of anilines is 1. The highest BCUT2D eigenvalue weighted by molar-refractivity contribution is 6.30. The average molecular weight is 398 g/mol. The molecule has 142 valence electrons. The zero-order chi connectivity index (χ0) is 19.3. The van der Waals surface area contributed by atoms with Gasteiger partial charge in [0.25, 0.3) is 0 Å². The van der Waals surface area contributed by atoms with Crippen molar-refractivity contribution >= 4 is 28.6 Å². The Bertz CT molecular complexity index is 1240. The Labute approximate surface area is 164 Å². The molecule has 0 radical (unpaired) electrons. The molecule has 1 aliphatic heterocycles. The number of rotatable bonds is 3. The summed E-state index contributed by atoms with van der Waals surface area (Å²) in [6.07, 6.45) is 5.57. The molecule has 0 aliphatic carbocycles. The van der Waals surface area contributed by atoms with Crippen LogP contribution in [0.2, 0.25) is 5.02 Å². The summed E-state index contributed by atoms with van der Waals surface area (Å²) < 4.78 is 6.68. The van der Waals surface area contributed by atoms with Crippen molar-refractivity contribution in [1.82, 2.24) is 29.7 Å². The van der Waals surface area contributed by atoms with Gasteiger partial charge in [-0.3, -0.25) is 14.5 Å². The van der Waals surface area contributed by atoms with Gasteiger partial charge in [0, 0.05) is 38.1 Å². The first-order valence-electron chi connectivity index (χ1n) is 8.90. The monoisotopic (exact) mass is 397 g/mol. The summed E-state index contributed by atoms with van der Waals surface area (Å²) in [6, 6.07) is 3.60. The van der Waals surface area contributed by atoms with Crippen molar-refractivity contribution in [2.24, 2.45) is 7.05 Å². The van der Waals surface area contributed by atoms with Gasteiger partial charge in [0.1, 0.15) is 5.69 Å². The lowest BCUT2D eigenvalue weighted by atomic mass is 10.1. The fourth-order valence-electron chi connectivity index (χ4n) is 3.63. The fourth-order valence-corrected chi connectivity index (χ4v) is 3.80. The van der Waals surface area contributed by atoms with Crippen molar-refractivity contribution in [3.05, 3.63) is 40.1 Å². The van der Waals surface area contributed by atoms with Crippen LogP contribution in [0.4, 0.5) is 5.95 Å². The van der Waals surface area contributed by atoms with E-state index in [-0.39, 0.29) is 5.82 Å². The minimum Gasteiger partial charge on any atom is -0.342 e. The molecule has 0 bridgehead atoms. The summed E-state index contributed by atoms with van der Waals surface area (Å²) in [5, 5.41) is 4.27. The highest BCUT2D eigenvalue weighted by Crippen LogP contribution is 2.33. The van der Waals surface area contributed by atoms with Crippen LogP contribution in [-0.2, 0) is 7.05 Å². The van der Waals surface area contributed by atoms with Gasteiger partial charge in [0.05, 0.1) is 21.7 Å². The normalized spacial score (nSPS) is 14.3. The highest BCUT2D eigenvalue weighted by Gasteiger charge is 2.23. The van der Waals surface area contributed by atoms with Crippen LogP contribution < -0.4 is 10.7 Å². The van der Waals surface area contributed by atoms with Crippen LogP contribution in [0.15, 0.2) is 33.8 Å². The largest absolute Gasteiger partial charge is 0.439 e. The zero-order valence-corrected chi connectivity index (χ0v) is 15.8. The second kappa shape index (κ2) is 6.45. The lowest BCUT2D eigenvalue weighted by Gasteiger charge is -2.16. The summed E-state index contributed by atoms with van der Waals surface area (Å²) in [4.78, 5) is 29.9. The topological polar surface area (TPSA) is 106 Å². The fraction of sp³-hybridized carbons (Fsp3) is 0.278. The lowest BCUT2D eigenvalue weighted by molar-refractivity contribution is 0.388. The molecule has 1 fully saturated rings. The number of nitrogens with zero attached hydrogens (tertiary/aromatic N) is 6. The minimum atomic E-state index is -0.637. The maximum atomic E-state index is 11.4. The maximum Gasteiger partial charge on any atom is 0.439 e. The van der Waals surface area contributed by atoms with Crippen LogP contribution in [0, 0.1) is 0 Å². The molecular formula is C18H16ClN7O2. The van der Waals surface area contributed by atoms with Crippen LogP contribution >= 0.6 is 11.6 Å². The van der Waals surface area contributed by atoms with Crippen molar-refractivity contribution in [3.63, 3.8) is 0 Å². The number of halogens is 1. The predicted molar refractivity (Wildman–Crippen MR) is 104 cm³/mol. The SMILES string of the molecule is Cn1c(N2CCCC2)nc2cc(-c3noc(=O)[nH]3)nc(-c3cncc(Cl)c3)c21. The molecule has 5 heterocycles. The van der Waals surface area contributed by atoms with Gasteiger partial charge in [-0.15, -0.1) is 0 Å². The second-order valence-corrected chi connectivity index (χ2v) is 7.16. The van der Waals surface area contributed by atoms with Gasteiger partial charge in [-0.05, 0) is 25.0 Å². The van der Waals surface area contributed by atoms with Crippen LogP contribution in [0.3, 0.4) is 0 Å². The number of aryl methyl sites for hydroxylation is 1. The Hall–Kier alpha value is -3.20. The Balaban J connectivity index is 1.79. The molecule has 5 rings (SSSR count). The molecule has 0 unspecified atom stereocenters. The summed E-state index contributed by atoms with van der Waals surface area (Å²) in [5.41, 5.74) is 3.47. The van der Waals surface area contributed by atoms with Gasteiger partial charge in [-0.1, -0.05) is 16.8 Å². The summed E-state index contributed by atoms with van der Waals surface area (Å²) in [7, 11) is 1.98. The first-order valence-corrected chi connectivity index (χ1v) is 9.27. The van der Waals surface area contributed by atoms with Crippen LogP contribution in [-0.4, -0.2) is 42.7 Å². The number of hydrogen-bond donors (Lipinski definition) is 1.